The average Bonchev–Trinajstić information content (AvgIpc) is 2.54. The van der Waals surface area contributed by atoms with Gasteiger partial charge in [0.15, 0.2) is 0 Å². The summed E-state index contributed by atoms with van der Waals surface area (Å²) in [5, 5.41) is 0. The van der Waals surface area contributed by atoms with Gasteiger partial charge in [0.2, 0.25) is 0 Å². The predicted octanol–water partition coefficient (Wildman–Crippen LogP) is 5.59. The summed E-state index contributed by atoms with van der Waals surface area (Å²) in [7, 11) is 1.68. The average molecular weight is 368 g/mol. The molecule has 2 aromatic rings. The molecule has 2 rings (SSSR count). The van der Waals surface area contributed by atoms with E-state index < -0.39 is 0 Å². The first-order valence-corrected chi connectivity index (χ1v) is 8.42. The first-order valence-electron chi connectivity index (χ1n) is 7.09. The number of benzene rings is 2. The highest BCUT2D eigenvalue weighted by molar-refractivity contribution is 9.10. The number of hydrogen-bond acceptors (Lipinski definition) is 1. The molecule has 0 saturated heterocycles. The second-order valence-corrected chi connectivity index (χ2v) is 6.40. The Morgan fingerprint density at radius 2 is 1.86 bits per heavy atom. The second-order valence-electron chi connectivity index (χ2n) is 5.28. The van der Waals surface area contributed by atoms with Gasteiger partial charge in [-0.25, -0.2) is 0 Å². The van der Waals surface area contributed by atoms with Crippen LogP contribution in [0.4, 0.5) is 0 Å². The maximum Gasteiger partial charge on any atom is 0.133 e. The fourth-order valence-corrected chi connectivity index (χ4v) is 3.68. The van der Waals surface area contributed by atoms with E-state index in [1.165, 1.54) is 11.1 Å². The lowest BCUT2D eigenvalue weighted by molar-refractivity contribution is 0.411. The maximum atomic E-state index is 6.37. The molecule has 2 aromatic carbocycles. The molecule has 0 aromatic heterocycles. The van der Waals surface area contributed by atoms with E-state index in [1.54, 1.807) is 7.11 Å². The molecular formula is C18H20BrClO. The van der Waals surface area contributed by atoms with Crippen LogP contribution >= 0.6 is 27.5 Å². The molecule has 0 saturated carbocycles. The molecule has 0 radical (unpaired) electrons. The van der Waals surface area contributed by atoms with Gasteiger partial charge in [0.25, 0.3) is 0 Å². The molecule has 1 atom stereocenters. The van der Waals surface area contributed by atoms with E-state index in [2.05, 4.69) is 59.3 Å². The number of rotatable bonds is 6. The summed E-state index contributed by atoms with van der Waals surface area (Å²) in [6.45, 7) is 2.20. The summed E-state index contributed by atoms with van der Waals surface area (Å²) >= 11 is 9.93. The molecule has 0 heterocycles. The van der Waals surface area contributed by atoms with Crippen LogP contribution in [0.15, 0.2) is 53.0 Å². The number of alkyl halides is 1. The minimum atomic E-state index is -0.0309. The van der Waals surface area contributed by atoms with Crippen LogP contribution in [-0.2, 0) is 11.8 Å². The highest BCUT2D eigenvalue weighted by Gasteiger charge is 2.29. The molecule has 0 aliphatic rings. The van der Waals surface area contributed by atoms with Gasteiger partial charge in [-0.05, 0) is 52.0 Å². The standard InChI is InChI=1S/C18H20BrClO/c1-3-18(13-20,15-7-5-4-6-8-15)12-14-9-10-17(21-2)16(19)11-14/h4-11H,3,12-13H2,1-2H3. The van der Waals surface area contributed by atoms with Crippen molar-refractivity contribution in [3.63, 3.8) is 0 Å². The Morgan fingerprint density at radius 3 is 2.38 bits per heavy atom. The summed E-state index contributed by atoms with van der Waals surface area (Å²) in [5.41, 5.74) is 2.53. The van der Waals surface area contributed by atoms with Gasteiger partial charge in [0, 0.05) is 11.3 Å². The molecule has 0 aliphatic carbocycles. The third kappa shape index (κ3) is 3.61. The fourth-order valence-electron chi connectivity index (χ4n) is 2.65. The van der Waals surface area contributed by atoms with Crippen LogP contribution in [0.2, 0.25) is 0 Å². The fraction of sp³-hybridized carbons (Fsp3) is 0.333. The molecule has 3 heteroatoms. The molecule has 21 heavy (non-hydrogen) atoms. The Balaban J connectivity index is 2.34. The van der Waals surface area contributed by atoms with Crippen LogP contribution in [0.5, 0.6) is 5.75 Å². The summed E-state index contributed by atoms with van der Waals surface area (Å²) in [5.74, 6) is 1.46. The zero-order valence-electron chi connectivity index (χ0n) is 12.4. The molecule has 1 nitrogen and oxygen atoms in total. The van der Waals surface area contributed by atoms with E-state index in [1.807, 2.05) is 12.1 Å². The van der Waals surface area contributed by atoms with Crippen molar-refractivity contribution >= 4 is 27.5 Å². The van der Waals surface area contributed by atoms with Gasteiger partial charge < -0.3 is 4.74 Å². The third-order valence-electron chi connectivity index (χ3n) is 4.08. The Morgan fingerprint density at radius 1 is 1.14 bits per heavy atom. The van der Waals surface area contributed by atoms with Crippen molar-refractivity contribution in [1.29, 1.82) is 0 Å². The van der Waals surface area contributed by atoms with E-state index >= 15 is 0 Å². The van der Waals surface area contributed by atoms with Gasteiger partial charge in [0.1, 0.15) is 5.75 Å². The highest BCUT2D eigenvalue weighted by atomic mass is 79.9. The van der Waals surface area contributed by atoms with E-state index in [9.17, 15) is 0 Å². The van der Waals surface area contributed by atoms with Gasteiger partial charge in [-0.3, -0.25) is 0 Å². The van der Waals surface area contributed by atoms with Crippen molar-refractivity contribution in [1.82, 2.24) is 0 Å². The topological polar surface area (TPSA) is 9.23 Å². The molecule has 0 spiro atoms. The van der Waals surface area contributed by atoms with Gasteiger partial charge in [-0.1, -0.05) is 43.3 Å². The normalized spacial score (nSPS) is 13.7. The number of ether oxygens (including phenoxy) is 1. The van der Waals surface area contributed by atoms with Crippen molar-refractivity contribution < 1.29 is 4.74 Å². The smallest absolute Gasteiger partial charge is 0.133 e. The van der Waals surface area contributed by atoms with Gasteiger partial charge >= 0.3 is 0 Å². The van der Waals surface area contributed by atoms with Gasteiger partial charge in [-0.15, -0.1) is 11.6 Å². The first kappa shape index (κ1) is 16.4. The lowest BCUT2D eigenvalue weighted by Crippen LogP contribution is -2.30. The Kier molecular flexibility index (Phi) is 5.72. The molecule has 0 bridgehead atoms. The zero-order valence-corrected chi connectivity index (χ0v) is 14.7. The summed E-state index contributed by atoms with van der Waals surface area (Å²) in [6, 6.07) is 16.8. The number of halogens is 2. The SMILES string of the molecule is CCC(CCl)(Cc1ccc(OC)c(Br)c1)c1ccccc1. The Labute approximate surface area is 140 Å². The van der Waals surface area contributed by atoms with Crippen molar-refractivity contribution in [3.05, 3.63) is 64.1 Å². The van der Waals surface area contributed by atoms with Crippen molar-refractivity contribution in [2.24, 2.45) is 0 Å². The van der Waals surface area contributed by atoms with E-state index in [0.29, 0.717) is 5.88 Å². The maximum absolute atomic E-state index is 6.37. The largest absolute Gasteiger partial charge is 0.496 e. The van der Waals surface area contributed by atoms with Crippen LogP contribution in [0, 0.1) is 0 Å². The van der Waals surface area contributed by atoms with Gasteiger partial charge in [-0.2, -0.15) is 0 Å². The van der Waals surface area contributed by atoms with Crippen LogP contribution < -0.4 is 4.74 Å². The van der Waals surface area contributed by atoms with E-state index in [-0.39, 0.29) is 5.41 Å². The van der Waals surface area contributed by atoms with Crippen molar-refractivity contribution in [2.45, 2.75) is 25.2 Å². The molecule has 0 amide bonds. The summed E-state index contributed by atoms with van der Waals surface area (Å²) < 4.78 is 6.28. The number of hydrogen-bond donors (Lipinski definition) is 0. The molecule has 0 aliphatic heterocycles. The minimum absolute atomic E-state index is 0.0309. The van der Waals surface area contributed by atoms with Crippen LogP contribution in [0.25, 0.3) is 0 Å². The lowest BCUT2D eigenvalue weighted by atomic mass is 9.75. The van der Waals surface area contributed by atoms with E-state index in [0.717, 1.165) is 23.1 Å². The summed E-state index contributed by atoms with van der Waals surface area (Å²) in [4.78, 5) is 0. The Bertz CT molecular complexity index is 579. The lowest BCUT2D eigenvalue weighted by Gasteiger charge is -2.31. The van der Waals surface area contributed by atoms with Crippen molar-refractivity contribution in [2.75, 3.05) is 13.0 Å². The van der Waals surface area contributed by atoms with Gasteiger partial charge in [0.05, 0.1) is 11.6 Å². The molecule has 112 valence electrons. The minimum Gasteiger partial charge on any atom is -0.496 e. The quantitative estimate of drug-likeness (QED) is 0.605. The molecule has 0 fully saturated rings. The molecule has 0 N–H and O–H groups in total. The highest BCUT2D eigenvalue weighted by Crippen LogP contribution is 2.35. The molecule has 1 unspecified atom stereocenters. The van der Waals surface area contributed by atoms with E-state index in [4.69, 9.17) is 16.3 Å². The Hall–Kier alpha value is -0.990. The third-order valence-corrected chi connectivity index (χ3v) is 5.21. The predicted molar refractivity (Wildman–Crippen MR) is 93.5 cm³/mol. The zero-order chi connectivity index (χ0) is 15.3. The molecular weight excluding hydrogens is 348 g/mol. The number of methoxy groups -OCH3 is 1. The van der Waals surface area contributed by atoms with Crippen LogP contribution in [0.3, 0.4) is 0 Å². The first-order chi connectivity index (χ1) is 10.1. The van der Waals surface area contributed by atoms with Crippen molar-refractivity contribution in [3.8, 4) is 5.75 Å². The van der Waals surface area contributed by atoms with Crippen LogP contribution in [-0.4, -0.2) is 13.0 Å². The second kappa shape index (κ2) is 7.33. The summed E-state index contributed by atoms with van der Waals surface area (Å²) in [6.07, 6.45) is 1.92. The monoisotopic (exact) mass is 366 g/mol. The van der Waals surface area contributed by atoms with Crippen LogP contribution in [0.1, 0.15) is 24.5 Å².